The molecule has 0 unspecified atom stereocenters. The fourth-order valence-corrected chi connectivity index (χ4v) is 4.83. The van der Waals surface area contributed by atoms with Crippen molar-refractivity contribution in [1.29, 1.82) is 0 Å². The number of methoxy groups -OCH3 is 1. The molecule has 2 aliphatic heterocycles. The summed E-state index contributed by atoms with van der Waals surface area (Å²) in [5, 5.41) is 28.1. The number of thioether (sulfide) groups is 1. The molecule has 4 N–H and O–H groups in total. The number of fused-ring (bicyclic) bond motifs is 2. The van der Waals surface area contributed by atoms with Gasteiger partial charge in [0, 0.05) is 18.1 Å². The predicted octanol–water partition coefficient (Wildman–Crippen LogP) is 1.34. The first kappa shape index (κ1) is 23.8. The smallest absolute Gasteiger partial charge is 0.235 e. The minimum absolute atomic E-state index is 0.0605. The minimum atomic E-state index is -1.14. The van der Waals surface area contributed by atoms with Crippen molar-refractivity contribution >= 4 is 34.4 Å². The Labute approximate surface area is 206 Å². The van der Waals surface area contributed by atoms with Crippen molar-refractivity contribution in [1.82, 2.24) is 15.3 Å². The van der Waals surface area contributed by atoms with Crippen LogP contribution in [0.25, 0.3) is 10.9 Å². The van der Waals surface area contributed by atoms with Crippen LogP contribution in [0.5, 0.6) is 11.5 Å². The van der Waals surface area contributed by atoms with Crippen LogP contribution in [-0.2, 0) is 16.1 Å². The highest BCUT2D eigenvalue weighted by atomic mass is 32.2. The summed E-state index contributed by atoms with van der Waals surface area (Å²) in [6, 6.07) is 10.5. The Balaban J connectivity index is 1.18. The number of nitrogens with one attached hydrogen (secondary N) is 2. The Hall–Kier alpha value is -2.96. The largest absolute Gasteiger partial charge is 0.497 e. The number of hydrogen-bond donors (Lipinski definition) is 4. The van der Waals surface area contributed by atoms with Crippen LogP contribution in [0.1, 0.15) is 5.69 Å². The molecule has 1 aromatic carbocycles. The van der Waals surface area contributed by atoms with E-state index in [1.165, 1.54) is 11.8 Å². The lowest BCUT2D eigenvalue weighted by Crippen LogP contribution is -2.59. The summed E-state index contributed by atoms with van der Waals surface area (Å²) < 4.78 is 17.1. The van der Waals surface area contributed by atoms with Gasteiger partial charge in [0.25, 0.3) is 0 Å². The van der Waals surface area contributed by atoms with Gasteiger partial charge in [-0.25, -0.2) is 4.98 Å². The van der Waals surface area contributed by atoms with Crippen molar-refractivity contribution in [2.45, 2.75) is 35.8 Å². The fourth-order valence-electron chi connectivity index (χ4n) is 4.07. The van der Waals surface area contributed by atoms with Crippen molar-refractivity contribution in [3.63, 3.8) is 0 Å². The lowest BCUT2D eigenvalue weighted by atomic mass is 9.98. The normalized spacial score (nSPS) is 24.0. The SMILES string of the molecule is COc1ccc2nccc(OC[C@H]3OC[C@H](NCc4ccc5c(n4)NC(=O)CS5)[C@@H](O)[C@H]3O)c2c1. The molecule has 0 radical (unpaired) electrons. The van der Waals surface area contributed by atoms with E-state index in [-0.39, 0.29) is 19.1 Å². The van der Waals surface area contributed by atoms with E-state index in [4.69, 9.17) is 14.2 Å². The second-order valence-corrected chi connectivity index (χ2v) is 9.35. The molecule has 4 heterocycles. The lowest BCUT2D eigenvalue weighted by Gasteiger charge is -2.37. The Kier molecular flexibility index (Phi) is 7.02. The van der Waals surface area contributed by atoms with E-state index in [1.807, 2.05) is 30.3 Å². The number of rotatable bonds is 7. The average Bonchev–Trinajstić information content (AvgIpc) is 2.88. The molecule has 0 aliphatic carbocycles. The summed E-state index contributed by atoms with van der Waals surface area (Å²) in [6.45, 7) is 0.595. The molecule has 11 heteroatoms. The van der Waals surface area contributed by atoms with E-state index in [2.05, 4.69) is 20.6 Å². The van der Waals surface area contributed by atoms with E-state index in [9.17, 15) is 15.0 Å². The Bertz CT molecular complexity index is 1230. The number of pyridine rings is 2. The van der Waals surface area contributed by atoms with Gasteiger partial charge in [-0.15, -0.1) is 11.8 Å². The number of aliphatic hydroxyl groups is 2. The number of anilines is 1. The Morgan fingerprint density at radius 3 is 2.97 bits per heavy atom. The van der Waals surface area contributed by atoms with Crippen molar-refractivity contribution in [2.24, 2.45) is 0 Å². The minimum Gasteiger partial charge on any atom is -0.497 e. The monoisotopic (exact) mass is 498 g/mol. The number of benzene rings is 1. The van der Waals surface area contributed by atoms with Gasteiger partial charge in [-0.05, 0) is 36.4 Å². The van der Waals surface area contributed by atoms with Crippen LogP contribution in [0.4, 0.5) is 5.82 Å². The number of carbonyl (C=O) groups is 1. The molecule has 1 saturated heterocycles. The first-order valence-electron chi connectivity index (χ1n) is 11.2. The molecule has 184 valence electrons. The molecule has 2 aliphatic rings. The van der Waals surface area contributed by atoms with Crippen LogP contribution in [0, 0.1) is 0 Å². The topological polar surface area (TPSA) is 135 Å². The zero-order valence-electron chi connectivity index (χ0n) is 19.0. The van der Waals surface area contributed by atoms with Gasteiger partial charge in [0.1, 0.15) is 42.2 Å². The molecule has 4 atom stereocenters. The van der Waals surface area contributed by atoms with Gasteiger partial charge in [0.2, 0.25) is 5.91 Å². The molecular weight excluding hydrogens is 472 g/mol. The molecule has 2 aromatic heterocycles. The molecule has 3 aromatic rings. The van der Waals surface area contributed by atoms with Crippen molar-refractivity contribution in [2.75, 3.05) is 31.4 Å². The number of ether oxygens (including phenoxy) is 3. The maximum atomic E-state index is 11.6. The van der Waals surface area contributed by atoms with Gasteiger partial charge in [-0.1, -0.05) is 0 Å². The highest BCUT2D eigenvalue weighted by Gasteiger charge is 2.38. The van der Waals surface area contributed by atoms with E-state index < -0.39 is 24.4 Å². The molecule has 35 heavy (non-hydrogen) atoms. The van der Waals surface area contributed by atoms with Crippen LogP contribution >= 0.6 is 11.8 Å². The van der Waals surface area contributed by atoms with Crippen LogP contribution in [0.2, 0.25) is 0 Å². The van der Waals surface area contributed by atoms with Gasteiger partial charge in [0.15, 0.2) is 0 Å². The van der Waals surface area contributed by atoms with Crippen LogP contribution < -0.4 is 20.1 Å². The molecule has 10 nitrogen and oxygen atoms in total. The van der Waals surface area contributed by atoms with Crippen molar-refractivity contribution < 1.29 is 29.2 Å². The summed E-state index contributed by atoms with van der Waals surface area (Å²) in [6.07, 6.45) is -1.25. The van der Waals surface area contributed by atoms with E-state index in [0.717, 1.165) is 15.8 Å². The number of aromatic nitrogens is 2. The number of amides is 1. The van der Waals surface area contributed by atoms with Crippen LogP contribution in [-0.4, -0.2) is 76.5 Å². The quantitative estimate of drug-likeness (QED) is 0.378. The van der Waals surface area contributed by atoms with Gasteiger partial charge in [0.05, 0.1) is 41.6 Å². The average molecular weight is 499 g/mol. The van der Waals surface area contributed by atoms with Crippen LogP contribution in [0.3, 0.4) is 0 Å². The Morgan fingerprint density at radius 2 is 2.11 bits per heavy atom. The maximum absolute atomic E-state index is 11.6. The predicted molar refractivity (Wildman–Crippen MR) is 130 cm³/mol. The summed E-state index contributed by atoms with van der Waals surface area (Å²) in [4.78, 5) is 21.3. The third-order valence-electron chi connectivity index (χ3n) is 6.02. The molecule has 0 spiro atoms. The second kappa shape index (κ2) is 10.3. The first-order chi connectivity index (χ1) is 17.0. The zero-order chi connectivity index (χ0) is 24.4. The maximum Gasteiger partial charge on any atom is 0.235 e. The zero-order valence-corrected chi connectivity index (χ0v) is 19.8. The molecule has 5 rings (SSSR count). The third kappa shape index (κ3) is 5.19. The second-order valence-electron chi connectivity index (χ2n) is 8.33. The summed E-state index contributed by atoms with van der Waals surface area (Å²) in [5.41, 5.74) is 1.46. The first-order valence-corrected chi connectivity index (χ1v) is 12.2. The summed E-state index contributed by atoms with van der Waals surface area (Å²) in [5.74, 6) is 2.12. The molecular formula is C24H26N4O6S. The third-order valence-corrected chi connectivity index (χ3v) is 7.07. The number of aliphatic hydroxyl groups excluding tert-OH is 2. The molecule has 0 saturated carbocycles. The number of nitrogens with zero attached hydrogens (tertiary/aromatic N) is 2. The number of carbonyl (C=O) groups excluding carboxylic acids is 1. The van der Waals surface area contributed by atoms with Crippen molar-refractivity contribution in [3.05, 3.63) is 48.3 Å². The van der Waals surface area contributed by atoms with Gasteiger partial charge >= 0.3 is 0 Å². The van der Waals surface area contributed by atoms with Crippen LogP contribution in [0.15, 0.2) is 47.5 Å². The van der Waals surface area contributed by atoms with Crippen molar-refractivity contribution in [3.8, 4) is 11.5 Å². The highest BCUT2D eigenvalue weighted by Crippen LogP contribution is 2.30. The van der Waals surface area contributed by atoms with Gasteiger partial charge < -0.3 is 35.1 Å². The van der Waals surface area contributed by atoms with Gasteiger partial charge in [-0.2, -0.15) is 0 Å². The summed E-state index contributed by atoms with van der Waals surface area (Å²) in [7, 11) is 1.59. The lowest BCUT2D eigenvalue weighted by molar-refractivity contribution is -0.159. The standard InChI is InChI=1S/C24H26N4O6S/c1-32-14-3-4-16-15(8-14)18(6-7-25-16)34-11-19-23(31)22(30)17(10-33-19)26-9-13-2-5-20-24(27-13)28-21(29)12-35-20/h2-8,17,19,22-23,26,30-31H,9-12H2,1H3,(H,27,28,29)/t17-,19+,22+,23-/m0/s1. The fraction of sp³-hybridized carbons (Fsp3) is 0.375. The van der Waals surface area contributed by atoms with E-state index in [1.54, 1.807) is 19.4 Å². The summed E-state index contributed by atoms with van der Waals surface area (Å²) >= 11 is 1.45. The molecule has 0 bridgehead atoms. The van der Waals surface area contributed by atoms with E-state index >= 15 is 0 Å². The van der Waals surface area contributed by atoms with E-state index in [0.29, 0.717) is 35.3 Å². The molecule has 1 fully saturated rings. The number of hydrogen-bond acceptors (Lipinski definition) is 10. The Morgan fingerprint density at radius 1 is 1.23 bits per heavy atom. The molecule has 1 amide bonds. The highest BCUT2D eigenvalue weighted by molar-refractivity contribution is 8.00. The van der Waals surface area contributed by atoms with Gasteiger partial charge in [-0.3, -0.25) is 9.78 Å².